The Labute approximate surface area is 144 Å². The summed E-state index contributed by atoms with van der Waals surface area (Å²) in [6.45, 7) is 1.63. The molecule has 1 aromatic rings. The lowest BCUT2D eigenvalue weighted by Gasteiger charge is -2.29. The molecule has 2 N–H and O–H groups in total. The van der Waals surface area contributed by atoms with Crippen LogP contribution in [0.25, 0.3) is 0 Å². The summed E-state index contributed by atoms with van der Waals surface area (Å²) in [5, 5.41) is 0.630. The van der Waals surface area contributed by atoms with Crippen molar-refractivity contribution < 1.29 is 4.79 Å². The van der Waals surface area contributed by atoms with Crippen LogP contribution in [-0.4, -0.2) is 29.9 Å². The maximum atomic E-state index is 12.6. The molecule has 0 bridgehead atoms. The molecule has 2 fully saturated rings. The first-order valence-corrected chi connectivity index (χ1v) is 8.23. The number of carbonyl (C=O) groups excluding carboxylic acids is 1. The van der Waals surface area contributed by atoms with Gasteiger partial charge in [0.05, 0.1) is 5.56 Å². The summed E-state index contributed by atoms with van der Waals surface area (Å²) in [4.78, 5) is 14.6. The number of fused-ring (bicyclic) bond motifs is 1. The van der Waals surface area contributed by atoms with Crippen LogP contribution in [0.4, 0.5) is 0 Å². The minimum absolute atomic E-state index is 0. The Kier molecular flexibility index (Phi) is 5.58. The zero-order valence-corrected chi connectivity index (χ0v) is 14.8. The minimum Gasteiger partial charge on any atom is -0.338 e. The molecule has 3 unspecified atom stereocenters. The Morgan fingerprint density at radius 1 is 1.33 bits per heavy atom. The molecule has 3 rings (SSSR count). The maximum absolute atomic E-state index is 12.6. The van der Waals surface area contributed by atoms with Crippen molar-refractivity contribution in [2.45, 2.75) is 25.3 Å². The highest BCUT2D eigenvalue weighted by atomic mass is 79.9. The Balaban J connectivity index is 0.00000161. The van der Waals surface area contributed by atoms with E-state index >= 15 is 0 Å². The van der Waals surface area contributed by atoms with Crippen molar-refractivity contribution in [3.63, 3.8) is 0 Å². The number of rotatable bonds is 1. The average Bonchev–Trinajstić information content (AvgIpc) is 2.83. The Morgan fingerprint density at radius 2 is 2.10 bits per heavy atom. The van der Waals surface area contributed by atoms with E-state index in [2.05, 4.69) is 15.9 Å². The van der Waals surface area contributed by atoms with Gasteiger partial charge in [-0.3, -0.25) is 4.79 Å². The van der Waals surface area contributed by atoms with E-state index in [0.29, 0.717) is 22.4 Å². The fraction of sp³-hybridized carbons (Fsp3) is 0.533. The quantitative estimate of drug-likeness (QED) is 0.790. The van der Waals surface area contributed by atoms with Gasteiger partial charge in [0.2, 0.25) is 0 Å². The number of benzene rings is 1. The lowest BCUT2D eigenvalue weighted by atomic mass is 9.78. The summed E-state index contributed by atoms with van der Waals surface area (Å²) >= 11 is 9.36. The third-order valence-electron chi connectivity index (χ3n) is 4.60. The molecule has 116 valence electrons. The van der Waals surface area contributed by atoms with Crippen LogP contribution in [0.15, 0.2) is 22.7 Å². The Morgan fingerprint density at radius 3 is 2.76 bits per heavy atom. The van der Waals surface area contributed by atoms with E-state index in [9.17, 15) is 4.79 Å². The van der Waals surface area contributed by atoms with Gasteiger partial charge < -0.3 is 10.6 Å². The van der Waals surface area contributed by atoms with Crippen molar-refractivity contribution in [3.05, 3.63) is 33.3 Å². The smallest absolute Gasteiger partial charge is 0.255 e. The van der Waals surface area contributed by atoms with Gasteiger partial charge in [0.15, 0.2) is 0 Å². The van der Waals surface area contributed by atoms with E-state index in [1.807, 2.05) is 4.90 Å². The number of likely N-dealkylation sites (tertiary alicyclic amines) is 1. The van der Waals surface area contributed by atoms with Crippen LogP contribution in [0, 0.1) is 11.8 Å². The van der Waals surface area contributed by atoms with Crippen LogP contribution in [0.3, 0.4) is 0 Å². The number of nitrogens with two attached hydrogens (primary N) is 1. The summed E-state index contributed by atoms with van der Waals surface area (Å²) in [6, 6.07) is 5.56. The predicted molar refractivity (Wildman–Crippen MR) is 91.1 cm³/mol. The van der Waals surface area contributed by atoms with Crippen LogP contribution in [0.2, 0.25) is 5.02 Å². The summed E-state index contributed by atoms with van der Waals surface area (Å²) in [7, 11) is 0. The molecule has 0 spiro atoms. The Hall–Kier alpha value is -0.290. The van der Waals surface area contributed by atoms with Gasteiger partial charge in [-0.15, -0.1) is 12.4 Å². The normalized spacial score (nSPS) is 28.0. The molecule has 21 heavy (non-hydrogen) atoms. The predicted octanol–water partition coefficient (Wildman–Crippen LogP) is 3.72. The van der Waals surface area contributed by atoms with E-state index in [-0.39, 0.29) is 24.4 Å². The van der Waals surface area contributed by atoms with Crippen LogP contribution in [-0.2, 0) is 0 Å². The molecule has 0 aromatic heterocycles. The van der Waals surface area contributed by atoms with E-state index in [1.54, 1.807) is 18.2 Å². The standard InChI is InChI=1S/C15H18BrClN2O.ClH/c16-13-6-10(17)4-5-11(13)15(20)19-7-9-2-1-3-14(18)12(9)8-19;/h4-6,9,12,14H,1-3,7-8,18H2;1H. The van der Waals surface area contributed by atoms with Crippen LogP contribution < -0.4 is 5.73 Å². The molecular weight excluding hydrogens is 375 g/mol. The zero-order valence-electron chi connectivity index (χ0n) is 11.6. The van der Waals surface area contributed by atoms with Gasteiger partial charge in [-0.05, 0) is 58.8 Å². The first kappa shape index (κ1) is 17.1. The van der Waals surface area contributed by atoms with Crippen LogP contribution in [0.5, 0.6) is 0 Å². The molecular formula is C15H19BrCl2N2O. The monoisotopic (exact) mass is 392 g/mol. The number of hydrogen-bond donors (Lipinski definition) is 1. The summed E-state index contributed by atoms with van der Waals surface area (Å²) in [5.41, 5.74) is 6.89. The molecule has 2 aliphatic rings. The summed E-state index contributed by atoms with van der Waals surface area (Å²) in [6.07, 6.45) is 3.48. The highest BCUT2D eigenvalue weighted by Gasteiger charge is 2.40. The van der Waals surface area contributed by atoms with E-state index in [1.165, 1.54) is 12.8 Å². The average molecular weight is 394 g/mol. The fourth-order valence-electron chi connectivity index (χ4n) is 3.52. The van der Waals surface area contributed by atoms with Crippen LogP contribution in [0.1, 0.15) is 29.6 Å². The van der Waals surface area contributed by atoms with Crippen molar-refractivity contribution in [1.82, 2.24) is 4.90 Å². The number of nitrogens with zero attached hydrogens (tertiary/aromatic N) is 1. The lowest BCUT2D eigenvalue weighted by molar-refractivity contribution is 0.0782. The molecule has 3 atom stereocenters. The first-order chi connectivity index (χ1) is 9.56. The third-order valence-corrected chi connectivity index (χ3v) is 5.49. The zero-order chi connectivity index (χ0) is 14.3. The van der Waals surface area contributed by atoms with Crippen molar-refractivity contribution >= 4 is 45.8 Å². The first-order valence-electron chi connectivity index (χ1n) is 7.06. The molecule has 0 radical (unpaired) electrons. The van der Waals surface area contributed by atoms with Gasteiger partial charge in [-0.2, -0.15) is 0 Å². The second kappa shape index (κ2) is 6.86. The third kappa shape index (κ3) is 3.39. The molecule has 1 saturated heterocycles. The SMILES string of the molecule is Cl.NC1CCCC2CN(C(=O)c3ccc(Cl)cc3Br)CC12. The van der Waals surface area contributed by atoms with Crippen LogP contribution >= 0.6 is 39.9 Å². The van der Waals surface area contributed by atoms with Gasteiger partial charge in [-0.1, -0.05) is 18.0 Å². The molecule has 3 nitrogen and oxygen atoms in total. The Bertz CT molecular complexity index is 540. The van der Waals surface area contributed by atoms with Gasteiger partial charge in [0.25, 0.3) is 5.91 Å². The largest absolute Gasteiger partial charge is 0.338 e. The van der Waals surface area contributed by atoms with Gasteiger partial charge >= 0.3 is 0 Å². The molecule has 6 heteroatoms. The topological polar surface area (TPSA) is 46.3 Å². The molecule has 1 amide bonds. The number of hydrogen-bond acceptors (Lipinski definition) is 2. The van der Waals surface area contributed by atoms with E-state index in [0.717, 1.165) is 24.0 Å². The summed E-state index contributed by atoms with van der Waals surface area (Å²) < 4.78 is 0.758. The molecule has 1 aromatic carbocycles. The summed E-state index contributed by atoms with van der Waals surface area (Å²) in [5.74, 6) is 1.13. The van der Waals surface area contributed by atoms with Gasteiger partial charge in [0.1, 0.15) is 0 Å². The highest BCUT2D eigenvalue weighted by molar-refractivity contribution is 9.10. The van der Waals surface area contributed by atoms with Crippen molar-refractivity contribution in [3.8, 4) is 0 Å². The maximum Gasteiger partial charge on any atom is 0.255 e. The molecule has 1 saturated carbocycles. The minimum atomic E-state index is 0. The van der Waals surface area contributed by atoms with Gasteiger partial charge in [0, 0.05) is 28.6 Å². The van der Waals surface area contributed by atoms with Crippen molar-refractivity contribution in [2.75, 3.05) is 13.1 Å². The van der Waals surface area contributed by atoms with E-state index in [4.69, 9.17) is 17.3 Å². The fourth-order valence-corrected chi connectivity index (χ4v) is 4.37. The van der Waals surface area contributed by atoms with Crippen molar-refractivity contribution in [1.29, 1.82) is 0 Å². The molecule has 1 aliphatic heterocycles. The number of carbonyl (C=O) groups is 1. The lowest BCUT2D eigenvalue weighted by Crippen LogP contribution is -2.38. The van der Waals surface area contributed by atoms with Crippen molar-refractivity contribution in [2.24, 2.45) is 17.6 Å². The van der Waals surface area contributed by atoms with E-state index < -0.39 is 0 Å². The highest BCUT2D eigenvalue weighted by Crippen LogP contribution is 2.36. The van der Waals surface area contributed by atoms with Gasteiger partial charge in [-0.25, -0.2) is 0 Å². The molecule has 1 heterocycles. The number of halogens is 3. The second-order valence-electron chi connectivity index (χ2n) is 5.85. The second-order valence-corrected chi connectivity index (χ2v) is 7.14. The molecule has 1 aliphatic carbocycles. The number of amides is 1.